The molecule has 124 valence electrons. The number of ether oxygens (including phenoxy) is 1. The Kier molecular flexibility index (Phi) is 7.28. The van der Waals surface area contributed by atoms with Crippen LogP contribution in [0.1, 0.15) is 32.3 Å². The van der Waals surface area contributed by atoms with Gasteiger partial charge in [0.1, 0.15) is 5.75 Å². The van der Waals surface area contributed by atoms with Crippen LogP contribution in [0, 0.1) is 5.92 Å². The van der Waals surface area contributed by atoms with Crippen molar-refractivity contribution in [3.05, 3.63) is 59.1 Å². The van der Waals surface area contributed by atoms with Gasteiger partial charge in [-0.2, -0.15) is 0 Å². The molecule has 0 atom stereocenters. The van der Waals surface area contributed by atoms with Gasteiger partial charge in [0.15, 0.2) is 0 Å². The van der Waals surface area contributed by atoms with Gasteiger partial charge in [-0.3, -0.25) is 0 Å². The summed E-state index contributed by atoms with van der Waals surface area (Å²) in [6.07, 6.45) is 3.11. The van der Waals surface area contributed by atoms with E-state index in [4.69, 9.17) is 16.3 Å². The lowest BCUT2D eigenvalue weighted by Gasteiger charge is -2.11. The summed E-state index contributed by atoms with van der Waals surface area (Å²) < 4.78 is 5.79. The van der Waals surface area contributed by atoms with Crippen LogP contribution < -0.4 is 10.1 Å². The molecule has 0 aliphatic carbocycles. The van der Waals surface area contributed by atoms with Crippen LogP contribution in [0.25, 0.3) is 0 Å². The third kappa shape index (κ3) is 6.54. The van der Waals surface area contributed by atoms with Crippen LogP contribution in [0.15, 0.2) is 48.5 Å². The van der Waals surface area contributed by atoms with Gasteiger partial charge in [-0.15, -0.1) is 0 Å². The van der Waals surface area contributed by atoms with Crippen LogP contribution in [0.3, 0.4) is 0 Å². The molecule has 23 heavy (non-hydrogen) atoms. The van der Waals surface area contributed by atoms with Crippen molar-refractivity contribution >= 4 is 17.3 Å². The summed E-state index contributed by atoms with van der Waals surface area (Å²) in [6.45, 7) is 6.11. The smallest absolute Gasteiger partial charge is 0.121 e. The minimum atomic E-state index is 0.668. The fourth-order valence-electron chi connectivity index (χ4n) is 2.32. The first-order chi connectivity index (χ1) is 11.1. The second-order valence-electron chi connectivity index (χ2n) is 6.18. The van der Waals surface area contributed by atoms with Crippen molar-refractivity contribution in [3.63, 3.8) is 0 Å². The van der Waals surface area contributed by atoms with Gasteiger partial charge in [-0.05, 0) is 48.9 Å². The summed E-state index contributed by atoms with van der Waals surface area (Å²) in [7, 11) is 0. The molecule has 2 nitrogen and oxygen atoms in total. The number of hydrogen-bond donors (Lipinski definition) is 1. The first-order valence-corrected chi connectivity index (χ1v) is 8.73. The molecule has 0 aromatic heterocycles. The molecule has 2 aromatic carbocycles. The molecule has 0 fully saturated rings. The van der Waals surface area contributed by atoms with Crippen molar-refractivity contribution in [1.29, 1.82) is 0 Å². The zero-order valence-corrected chi connectivity index (χ0v) is 14.8. The standard InChI is InChI=1S/C20H26ClNO/c1-16(2)12-14-23-19-10-5-9-18(15-19)22-13-6-8-17-7-3-4-11-20(17)21/h3-5,7,9-11,15-16,22H,6,8,12-14H2,1-2H3. The Labute approximate surface area is 144 Å². The second kappa shape index (κ2) is 9.46. The van der Waals surface area contributed by atoms with Crippen molar-refractivity contribution < 1.29 is 4.74 Å². The van der Waals surface area contributed by atoms with E-state index in [1.54, 1.807) is 0 Å². The maximum Gasteiger partial charge on any atom is 0.121 e. The normalized spacial score (nSPS) is 10.8. The van der Waals surface area contributed by atoms with Gasteiger partial charge in [-0.25, -0.2) is 0 Å². The van der Waals surface area contributed by atoms with Gasteiger partial charge in [0.2, 0.25) is 0 Å². The molecule has 0 saturated heterocycles. The number of halogens is 1. The zero-order valence-electron chi connectivity index (χ0n) is 14.0. The van der Waals surface area contributed by atoms with E-state index in [2.05, 4.69) is 37.4 Å². The number of anilines is 1. The lowest BCUT2D eigenvalue weighted by atomic mass is 10.1. The molecule has 0 radical (unpaired) electrons. The summed E-state index contributed by atoms with van der Waals surface area (Å²) in [4.78, 5) is 0. The molecule has 0 amide bonds. The quantitative estimate of drug-likeness (QED) is 0.585. The zero-order chi connectivity index (χ0) is 16.5. The molecule has 0 bridgehead atoms. The van der Waals surface area contributed by atoms with Gasteiger partial charge in [0, 0.05) is 23.3 Å². The van der Waals surface area contributed by atoms with Crippen molar-refractivity contribution in [3.8, 4) is 5.75 Å². The predicted octanol–water partition coefficient (Wildman–Crippen LogP) is 5.81. The molecule has 0 heterocycles. The lowest BCUT2D eigenvalue weighted by molar-refractivity contribution is 0.289. The van der Waals surface area contributed by atoms with Gasteiger partial charge < -0.3 is 10.1 Å². The summed E-state index contributed by atoms with van der Waals surface area (Å²) in [6, 6.07) is 16.2. The Morgan fingerprint density at radius 2 is 1.91 bits per heavy atom. The monoisotopic (exact) mass is 331 g/mol. The highest BCUT2D eigenvalue weighted by Crippen LogP contribution is 2.19. The number of aryl methyl sites for hydroxylation is 1. The van der Waals surface area contributed by atoms with Crippen molar-refractivity contribution in [2.24, 2.45) is 5.92 Å². The molecular weight excluding hydrogens is 306 g/mol. The van der Waals surface area contributed by atoms with Gasteiger partial charge in [0.05, 0.1) is 6.61 Å². The van der Waals surface area contributed by atoms with Gasteiger partial charge in [-0.1, -0.05) is 49.7 Å². The maximum atomic E-state index is 6.17. The number of nitrogens with one attached hydrogen (secondary N) is 1. The van der Waals surface area contributed by atoms with E-state index in [0.29, 0.717) is 5.92 Å². The van der Waals surface area contributed by atoms with Gasteiger partial charge in [0.25, 0.3) is 0 Å². The minimum Gasteiger partial charge on any atom is -0.494 e. The van der Waals surface area contributed by atoms with E-state index in [1.165, 1.54) is 5.56 Å². The van der Waals surface area contributed by atoms with E-state index >= 15 is 0 Å². The highest BCUT2D eigenvalue weighted by atomic mass is 35.5. The SMILES string of the molecule is CC(C)CCOc1cccc(NCCCc2ccccc2Cl)c1. The molecule has 1 N–H and O–H groups in total. The van der Waals surface area contributed by atoms with E-state index in [0.717, 1.165) is 48.9 Å². The van der Waals surface area contributed by atoms with Crippen molar-refractivity contribution in [1.82, 2.24) is 0 Å². The Morgan fingerprint density at radius 3 is 2.70 bits per heavy atom. The minimum absolute atomic E-state index is 0.668. The highest BCUT2D eigenvalue weighted by Gasteiger charge is 2.00. The third-order valence-electron chi connectivity index (χ3n) is 3.71. The van der Waals surface area contributed by atoms with E-state index in [1.807, 2.05) is 30.3 Å². The van der Waals surface area contributed by atoms with Crippen molar-refractivity contribution in [2.75, 3.05) is 18.5 Å². The molecule has 0 spiro atoms. The molecule has 0 aliphatic rings. The maximum absolute atomic E-state index is 6.17. The molecule has 2 aromatic rings. The Balaban J connectivity index is 1.74. The summed E-state index contributed by atoms with van der Waals surface area (Å²) in [5.74, 6) is 1.60. The van der Waals surface area contributed by atoms with E-state index in [-0.39, 0.29) is 0 Å². The Bertz CT molecular complexity index is 598. The fraction of sp³-hybridized carbons (Fsp3) is 0.400. The first kappa shape index (κ1) is 17.7. The fourth-order valence-corrected chi connectivity index (χ4v) is 2.55. The van der Waals surface area contributed by atoms with E-state index in [9.17, 15) is 0 Å². The molecule has 0 saturated carbocycles. The molecule has 0 unspecified atom stereocenters. The summed E-state index contributed by atoms with van der Waals surface area (Å²) in [5.41, 5.74) is 2.31. The summed E-state index contributed by atoms with van der Waals surface area (Å²) >= 11 is 6.17. The lowest BCUT2D eigenvalue weighted by Crippen LogP contribution is -2.04. The summed E-state index contributed by atoms with van der Waals surface area (Å²) in [5, 5.41) is 4.31. The average Bonchev–Trinajstić information content (AvgIpc) is 2.53. The topological polar surface area (TPSA) is 21.3 Å². The molecule has 0 aliphatic heterocycles. The Morgan fingerprint density at radius 1 is 1.09 bits per heavy atom. The largest absolute Gasteiger partial charge is 0.494 e. The van der Waals surface area contributed by atoms with E-state index < -0.39 is 0 Å². The van der Waals surface area contributed by atoms with Crippen LogP contribution >= 0.6 is 11.6 Å². The predicted molar refractivity (Wildman–Crippen MR) is 99.7 cm³/mol. The van der Waals surface area contributed by atoms with Gasteiger partial charge >= 0.3 is 0 Å². The number of hydrogen-bond acceptors (Lipinski definition) is 2. The van der Waals surface area contributed by atoms with Crippen molar-refractivity contribution in [2.45, 2.75) is 33.1 Å². The van der Waals surface area contributed by atoms with Crippen LogP contribution in [0.5, 0.6) is 5.75 Å². The average molecular weight is 332 g/mol. The van der Waals surface area contributed by atoms with Crippen LogP contribution in [-0.2, 0) is 6.42 Å². The second-order valence-corrected chi connectivity index (χ2v) is 6.59. The molecular formula is C20H26ClNO. The third-order valence-corrected chi connectivity index (χ3v) is 4.08. The Hall–Kier alpha value is -1.67. The number of benzene rings is 2. The molecule has 2 rings (SSSR count). The van der Waals surface area contributed by atoms with Crippen LogP contribution in [0.4, 0.5) is 5.69 Å². The number of rotatable bonds is 9. The van der Waals surface area contributed by atoms with Crippen LogP contribution in [0.2, 0.25) is 5.02 Å². The highest BCUT2D eigenvalue weighted by molar-refractivity contribution is 6.31. The molecule has 3 heteroatoms. The van der Waals surface area contributed by atoms with Crippen LogP contribution in [-0.4, -0.2) is 13.2 Å². The first-order valence-electron chi connectivity index (χ1n) is 8.35.